The van der Waals surface area contributed by atoms with Gasteiger partial charge in [-0.1, -0.05) is 51.5 Å². The lowest BCUT2D eigenvalue weighted by molar-refractivity contribution is 0.424. The van der Waals surface area contributed by atoms with Crippen molar-refractivity contribution in [1.82, 2.24) is 0 Å². The smallest absolute Gasteiger partial charge is 0.0412 e. The molecule has 1 fully saturated rings. The van der Waals surface area contributed by atoms with Crippen LogP contribution in [0.25, 0.3) is 0 Å². The molecule has 0 aliphatic heterocycles. The van der Waals surface area contributed by atoms with Crippen molar-refractivity contribution in [3.8, 4) is 0 Å². The third-order valence-electron chi connectivity index (χ3n) is 4.38. The topological polar surface area (TPSA) is 26.0 Å². The molecular weight excluding hydrogens is 206 g/mol. The highest BCUT2D eigenvalue weighted by molar-refractivity contribution is 5.30. The van der Waals surface area contributed by atoms with E-state index in [4.69, 9.17) is 5.73 Å². The Bertz CT molecular complexity index is 366. The highest BCUT2D eigenvalue weighted by Crippen LogP contribution is 2.41. The van der Waals surface area contributed by atoms with Gasteiger partial charge in [-0.15, -0.1) is 0 Å². The van der Waals surface area contributed by atoms with Crippen molar-refractivity contribution in [3.63, 3.8) is 0 Å². The molecule has 1 aromatic rings. The predicted molar refractivity (Wildman–Crippen MR) is 74.0 cm³/mol. The van der Waals surface area contributed by atoms with Crippen molar-refractivity contribution in [2.45, 2.75) is 57.9 Å². The van der Waals surface area contributed by atoms with Crippen LogP contribution in [0.1, 0.15) is 63.5 Å². The average Bonchev–Trinajstić information content (AvgIpc) is 2.73. The fourth-order valence-corrected chi connectivity index (χ4v) is 2.99. The Morgan fingerprint density at radius 1 is 1.29 bits per heavy atom. The molecule has 2 N–H and O–H groups in total. The van der Waals surface area contributed by atoms with Gasteiger partial charge in [-0.3, -0.25) is 0 Å². The van der Waals surface area contributed by atoms with E-state index in [0.29, 0.717) is 5.92 Å². The quantitative estimate of drug-likeness (QED) is 0.830. The Labute approximate surface area is 105 Å². The van der Waals surface area contributed by atoms with Gasteiger partial charge in [-0.2, -0.15) is 0 Å². The van der Waals surface area contributed by atoms with Crippen molar-refractivity contribution in [3.05, 3.63) is 35.4 Å². The first-order valence-electron chi connectivity index (χ1n) is 6.94. The van der Waals surface area contributed by atoms with Crippen molar-refractivity contribution in [1.29, 1.82) is 0 Å². The zero-order valence-corrected chi connectivity index (χ0v) is 11.4. The molecule has 0 radical (unpaired) electrons. The first-order chi connectivity index (χ1) is 8.05. The maximum absolute atomic E-state index is 6.57. The molecule has 1 nitrogen and oxygen atoms in total. The number of nitrogens with two attached hydrogens (primary N) is 1. The molecule has 1 heteroatoms. The Hall–Kier alpha value is -0.820. The van der Waals surface area contributed by atoms with Crippen LogP contribution in [0.5, 0.6) is 0 Å². The van der Waals surface area contributed by atoms with Gasteiger partial charge < -0.3 is 5.73 Å². The standard InChI is InChI=1S/C16H25N/c1-4-13-9-10-16(17,11-13)15-7-5-14(6-8-15)12(2)3/h5-8,12-13H,4,9-11,17H2,1-3H3. The fourth-order valence-electron chi connectivity index (χ4n) is 2.99. The van der Waals surface area contributed by atoms with E-state index in [1.807, 2.05) is 0 Å². The normalized spacial score (nSPS) is 28.9. The lowest BCUT2D eigenvalue weighted by Crippen LogP contribution is -2.33. The Balaban J connectivity index is 2.17. The van der Waals surface area contributed by atoms with E-state index in [1.54, 1.807) is 0 Å². The number of hydrogen-bond acceptors (Lipinski definition) is 1. The van der Waals surface area contributed by atoms with E-state index in [-0.39, 0.29) is 5.54 Å². The van der Waals surface area contributed by atoms with Crippen LogP contribution in [0.4, 0.5) is 0 Å². The molecule has 1 saturated carbocycles. The van der Waals surface area contributed by atoms with Crippen LogP contribution in [-0.4, -0.2) is 0 Å². The van der Waals surface area contributed by atoms with Gasteiger partial charge in [0.05, 0.1) is 0 Å². The van der Waals surface area contributed by atoms with Crippen LogP contribution in [0.15, 0.2) is 24.3 Å². The number of hydrogen-bond donors (Lipinski definition) is 1. The lowest BCUT2D eigenvalue weighted by Gasteiger charge is -2.25. The van der Waals surface area contributed by atoms with Crippen molar-refractivity contribution in [2.24, 2.45) is 11.7 Å². The summed E-state index contributed by atoms with van der Waals surface area (Å²) in [7, 11) is 0. The van der Waals surface area contributed by atoms with Gasteiger partial charge in [0, 0.05) is 5.54 Å². The molecule has 1 aromatic carbocycles. The highest BCUT2D eigenvalue weighted by atomic mass is 14.8. The minimum absolute atomic E-state index is 0.0593. The maximum atomic E-state index is 6.57. The highest BCUT2D eigenvalue weighted by Gasteiger charge is 2.36. The molecule has 0 amide bonds. The molecule has 0 heterocycles. The van der Waals surface area contributed by atoms with Gasteiger partial charge >= 0.3 is 0 Å². The predicted octanol–water partition coefficient (Wildman–Crippen LogP) is 4.17. The van der Waals surface area contributed by atoms with E-state index in [2.05, 4.69) is 45.0 Å². The van der Waals surface area contributed by atoms with Crippen LogP contribution >= 0.6 is 0 Å². The Kier molecular flexibility index (Phi) is 3.58. The van der Waals surface area contributed by atoms with Gasteiger partial charge in [0.25, 0.3) is 0 Å². The van der Waals surface area contributed by atoms with E-state index in [0.717, 1.165) is 18.8 Å². The first kappa shape index (κ1) is 12.6. The summed E-state index contributed by atoms with van der Waals surface area (Å²) in [6.45, 7) is 6.74. The van der Waals surface area contributed by atoms with E-state index < -0.39 is 0 Å². The fraction of sp³-hybridized carbons (Fsp3) is 0.625. The minimum Gasteiger partial charge on any atom is -0.321 e. The number of rotatable bonds is 3. The second-order valence-corrected chi connectivity index (χ2v) is 5.95. The second kappa shape index (κ2) is 4.81. The van der Waals surface area contributed by atoms with Crippen molar-refractivity contribution in [2.75, 3.05) is 0 Å². The van der Waals surface area contributed by atoms with Gasteiger partial charge in [0.1, 0.15) is 0 Å². The third kappa shape index (κ3) is 2.55. The lowest BCUT2D eigenvalue weighted by atomic mass is 9.87. The third-order valence-corrected chi connectivity index (χ3v) is 4.38. The first-order valence-corrected chi connectivity index (χ1v) is 6.94. The maximum Gasteiger partial charge on any atom is 0.0412 e. The number of benzene rings is 1. The molecule has 2 atom stereocenters. The Morgan fingerprint density at radius 3 is 2.41 bits per heavy atom. The summed E-state index contributed by atoms with van der Waals surface area (Å²) in [5.74, 6) is 1.43. The largest absolute Gasteiger partial charge is 0.321 e. The molecule has 2 unspecified atom stereocenters. The molecule has 1 aliphatic rings. The van der Waals surface area contributed by atoms with Crippen LogP contribution in [0.3, 0.4) is 0 Å². The summed E-state index contributed by atoms with van der Waals surface area (Å²) in [5, 5.41) is 0. The molecule has 0 aromatic heterocycles. The molecular formula is C16H25N. The SMILES string of the molecule is CCC1CCC(N)(c2ccc(C(C)C)cc2)C1. The van der Waals surface area contributed by atoms with E-state index in [9.17, 15) is 0 Å². The molecule has 94 valence electrons. The average molecular weight is 231 g/mol. The van der Waals surface area contributed by atoms with Crippen molar-refractivity contribution >= 4 is 0 Å². The van der Waals surface area contributed by atoms with Gasteiger partial charge in [0.15, 0.2) is 0 Å². The van der Waals surface area contributed by atoms with Crippen LogP contribution in [0.2, 0.25) is 0 Å². The molecule has 0 bridgehead atoms. The summed E-state index contributed by atoms with van der Waals surface area (Å²) >= 11 is 0. The van der Waals surface area contributed by atoms with Crippen LogP contribution in [-0.2, 0) is 5.54 Å². The van der Waals surface area contributed by atoms with Gasteiger partial charge in [-0.05, 0) is 42.2 Å². The minimum atomic E-state index is -0.0593. The summed E-state index contributed by atoms with van der Waals surface area (Å²) < 4.78 is 0. The van der Waals surface area contributed by atoms with Crippen LogP contribution < -0.4 is 5.73 Å². The second-order valence-electron chi connectivity index (χ2n) is 5.95. The molecule has 0 spiro atoms. The van der Waals surface area contributed by atoms with Gasteiger partial charge in [-0.25, -0.2) is 0 Å². The summed E-state index contributed by atoms with van der Waals surface area (Å²) in [6.07, 6.45) is 4.86. The molecule has 17 heavy (non-hydrogen) atoms. The summed E-state index contributed by atoms with van der Waals surface area (Å²) in [4.78, 5) is 0. The summed E-state index contributed by atoms with van der Waals surface area (Å²) in [6, 6.07) is 8.97. The van der Waals surface area contributed by atoms with E-state index >= 15 is 0 Å². The molecule has 0 saturated heterocycles. The zero-order chi connectivity index (χ0) is 12.5. The van der Waals surface area contributed by atoms with Crippen LogP contribution in [0, 0.1) is 5.92 Å². The zero-order valence-electron chi connectivity index (χ0n) is 11.4. The van der Waals surface area contributed by atoms with E-state index in [1.165, 1.54) is 24.0 Å². The Morgan fingerprint density at radius 2 is 1.94 bits per heavy atom. The molecule has 2 rings (SSSR count). The monoisotopic (exact) mass is 231 g/mol. The molecule has 1 aliphatic carbocycles. The van der Waals surface area contributed by atoms with Crippen molar-refractivity contribution < 1.29 is 0 Å². The van der Waals surface area contributed by atoms with Gasteiger partial charge in [0.2, 0.25) is 0 Å². The summed E-state index contributed by atoms with van der Waals surface area (Å²) in [5.41, 5.74) is 9.25.